The fourth-order valence-electron chi connectivity index (χ4n) is 4.33. The molecule has 2 amide bonds. The number of carbonyl (C=O) groups is 2. The van der Waals surface area contributed by atoms with E-state index in [2.05, 4.69) is 20.6 Å². The summed E-state index contributed by atoms with van der Waals surface area (Å²) in [6.45, 7) is 1.90. The van der Waals surface area contributed by atoms with Gasteiger partial charge in [-0.15, -0.1) is 0 Å². The zero-order valence-electron chi connectivity index (χ0n) is 19.6. The first kappa shape index (κ1) is 25.5. The van der Waals surface area contributed by atoms with Crippen molar-refractivity contribution >= 4 is 23.3 Å². The van der Waals surface area contributed by atoms with Crippen LogP contribution in [-0.4, -0.2) is 40.0 Å². The van der Waals surface area contributed by atoms with Crippen LogP contribution in [0.25, 0.3) is 0 Å². The lowest BCUT2D eigenvalue weighted by molar-refractivity contribution is 0.0957. The van der Waals surface area contributed by atoms with Crippen LogP contribution < -0.4 is 22.1 Å². The van der Waals surface area contributed by atoms with Gasteiger partial charge in [-0.3, -0.25) is 9.59 Å². The molecule has 1 unspecified atom stereocenters. The molecule has 10 heteroatoms. The van der Waals surface area contributed by atoms with Crippen LogP contribution in [0.1, 0.15) is 83.7 Å². The molecule has 184 valence electrons. The Balaban J connectivity index is 1.87. The van der Waals surface area contributed by atoms with E-state index in [0.29, 0.717) is 35.8 Å². The molecule has 0 radical (unpaired) electrons. The summed E-state index contributed by atoms with van der Waals surface area (Å²) >= 11 is 0. The van der Waals surface area contributed by atoms with Crippen molar-refractivity contribution < 1.29 is 19.1 Å². The van der Waals surface area contributed by atoms with Gasteiger partial charge < -0.3 is 27.2 Å². The lowest BCUT2D eigenvalue weighted by Crippen LogP contribution is -2.24. The number of carbonyl (C=O) groups excluding carboxylic acids is 2. The number of aliphatic hydroxyl groups is 1. The van der Waals surface area contributed by atoms with Crippen LogP contribution in [-0.2, 0) is 6.42 Å². The van der Waals surface area contributed by atoms with Crippen molar-refractivity contribution in [3.63, 3.8) is 0 Å². The molecular weight excluding hydrogens is 439 g/mol. The van der Waals surface area contributed by atoms with Crippen LogP contribution in [0.15, 0.2) is 18.2 Å². The Hall–Kier alpha value is -3.11. The summed E-state index contributed by atoms with van der Waals surface area (Å²) in [4.78, 5) is 33.1. The number of primary amides is 1. The number of amides is 2. The third kappa shape index (κ3) is 6.06. The van der Waals surface area contributed by atoms with E-state index in [9.17, 15) is 19.1 Å². The summed E-state index contributed by atoms with van der Waals surface area (Å²) in [6, 6.07) is 3.51. The first-order valence-electron chi connectivity index (χ1n) is 11.7. The monoisotopic (exact) mass is 472 g/mol. The molecule has 0 spiro atoms. The van der Waals surface area contributed by atoms with Gasteiger partial charge in [0, 0.05) is 18.8 Å². The second-order valence-corrected chi connectivity index (χ2v) is 8.73. The number of nitrogens with zero attached hydrogens (tertiary/aromatic N) is 2. The van der Waals surface area contributed by atoms with Crippen molar-refractivity contribution in [3.05, 3.63) is 46.7 Å². The minimum atomic E-state index is -0.765. The number of hydrogen-bond donors (Lipinski definition) is 5. The molecule has 1 heterocycles. The number of nitrogens with one attached hydrogen (secondary N) is 2. The Morgan fingerprint density at radius 3 is 2.56 bits per heavy atom. The molecule has 34 heavy (non-hydrogen) atoms. The fraction of sp³-hybridized carbons (Fsp3) is 0.500. The van der Waals surface area contributed by atoms with Crippen LogP contribution in [0.2, 0.25) is 0 Å². The van der Waals surface area contributed by atoms with E-state index in [0.717, 1.165) is 38.2 Å². The Kier molecular flexibility index (Phi) is 8.51. The predicted molar refractivity (Wildman–Crippen MR) is 127 cm³/mol. The number of rotatable bonds is 9. The summed E-state index contributed by atoms with van der Waals surface area (Å²) in [5.74, 6) is -1.41. The van der Waals surface area contributed by atoms with Gasteiger partial charge in [-0.05, 0) is 69.1 Å². The molecule has 1 aromatic heterocycles. The normalized spacial score (nSPS) is 18.9. The van der Waals surface area contributed by atoms with Gasteiger partial charge in [0.15, 0.2) is 11.5 Å². The van der Waals surface area contributed by atoms with Gasteiger partial charge in [-0.25, -0.2) is 14.4 Å². The SMILES string of the molecule is CCc1nc(C(N)=O)c(Nc2ccc(F)c(C(=O)NC)c2)nc1C(N)CCC1CCC(O)CC1. The topological polar surface area (TPSA) is 156 Å². The molecular formula is C24H33FN6O3. The molecule has 0 bridgehead atoms. The Morgan fingerprint density at radius 2 is 1.94 bits per heavy atom. The average Bonchev–Trinajstić information content (AvgIpc) is 2.83. The Labute approximate surface area is 198 Å². The molecule has 9 nitrogen and oxygen atoms in total. The standard InChI is InChI=1S/C24H33FN6O3/c1-3-19-20(18(26)11-6-13-4-8-15(32)9-5-13)31-23(21(30-19)22(27)33)29-14-7-10-17(25)16(12-14)24(34)28-2/h7,10,12-13,15,18,32H,3-6,8-9,11,26H2,1-2H3,(H2,27,33)(H,28,34)(H,29,31). The second kappa shape index (κ2) is 11.3. The van der Waals surface area contributed by atoms with E-state index in [1.54, 1.807) is 0 Å². The molecule has 0 saturated heterocycles. The van der Waals surface area contributed by atoms with E-state index in [1.165, 1.54) is 19.2 Å². The van der Waals surface area contributed by atoms with Crippen molar-refractivity contribution in [1.82, 2.24) is 15.3 Å². The van der Waals surface area contributed by atoms with Gasteiger partial charge in [0.2, 0.25) is 0 Å². The molecule has 1 fully saturated rings. The molecule has 7 N–H and O–H groups in total. The van der Waals surface area contributed by atoms with Gasteiger partial charge in [0.25, 0.3) is 11.8 Å². The van der Waals surface area contributed by atoms with Crippen LogP contribution in [0.4, 0.5) is 15.9 Å². The van der Waals surface area contributed by atoms with Crippen molar-refractivity contribution in [2.24, 2.45) is 17.4 Å². The molecule has 0 aliphatic heterocycles. The second-order valence-electron chi connectivity index (χ2n) is 8.73. The quantitative estimate of drug-likeness (QED) is 0.375. The molecule has 1 atom stereocenters. The van der Waals surface area contributed by atoms with E-state index >= 15 is 0 Å². The van der Waals surface area contributed by atoms with Gasteiger partial charge in [0.05, 0.1) is 23.1 Å². The molecule has 2 aromatic rings. The molecule has 3 rings (SSSR count). The van der Waals surface area contributed by atoms with Crippen LogP contribution in [0.3, 0.4) is 0 Å². The third-order valence-corrected chi connectivity index (χ3v) is 6.32. The van der Waals surface area contributed by atoms with E-state index in [-0.39, 0.29) is 23.2 Å². The van der Waals surface area contributed by atoms with Crippen molar-refractivity contribution in [3.8, 4) is 0 Å². The first-order chi connectivity index (χ1) is 16.2. The van der Waals surface area contributed by atoms with Gasteiger partial charge >= 0.3 is 0 Å². The lowest BCUT2D eigenvalue weighted by atomic mass is 9.83. The highest BCUT2D eigenvalue weighted by molar-refractivity contribution is 5.97. The molecule has 1 aliphatic rings. The van der Waals surface area contributed by atoms with Crippen molar-refractivity contribution in [2.45, 2.75) is 64.0 Å². The summed E-state index contributed by atoms with van der Waals surface area (Å²) in [7, 11) is 1.41. The van der Waals surface area contributed by atoms with Gasteiger partial charge in [-0.2, -0.15) is 0 Å². The summed E-state index contributed by atoms with van der Waals surface area (Å²) in [5.41, 5.74) is 13.4. The van der Waals surface area contributed by atoms with E-state index in [4.69, 9.17) is 11.5 Å². The minimum absolute atomic E-state index is 0.0557. The largest absolute Gasteiger partial charge is 0.393 e. The smallest absolute Gasteiger partial charge is 0.271 e. The zero-order chi connectivity index (χ0) is 24.8. The van der Waals surface area contributed by atoms with E-state index < -0.39 is 23.7 Å². The van der Waals surface area contributed by atoms with Crippen LogP contribution in [0, 0.1) is 11.7 Å². The Morgan fingerprint density at radius 1 is 1.24 bits per heavy atom. The number of aromatic nitrogens is 2. The maximum absolute atomic E-state index is 14.1. The summed E-state index contributed by atoms with van der Waals surface area (Å²) in [5, 5.41) is 15.1. The summed E-state index contributed by atoms with van der Waals surface area (Å²) in [6.07, 6.45) is 5.50. The lowest BCUT2D eigenvalue weighted by Gasteiger charge is -2.26. The maximum atomic E-state index is 14.1. The fourth-order valence-corrected chi connectivity index (χ4v) is 4.33. The summed E-state index contributed by atoms with van der Waals surface area (Å²) < 4.78 is 14.1. The average molecular weight is 473 g/mol. The molecule has 1 aliphatic carbocycles. The highest BCUT2D eigenvalue weighted by atomic mass is 19.1. The van der Waals surface area contributed by atoms with E-state index in [1.807, 2.05) is 6.92 Å². The highest BCUT2D eigenvalue weighted by Gasteiger charge is 2.24. The number of aryl methyl sites for hydroxylation is 1. The number of hydrogen-bond acceptors (Lipinski definition) is 7. The van der Waals surface area contributed by atoms with Crippen molar-refractivity contribution in [2.75, 3.05) is 12.4 Å². The van der Waals surface area contributed by atoms with Gasteiger partial charge in [0.1, 0.15) is 5.82 Å². The van der Waals surface area contributed by atoms with Crippen LogP contribution >= 0.6 is 0 Å². The highest BCUT2D eigenvalue weighted by Crippen LogP contribution is 2.31. The Bertz CT molecular complexity index is 1040. The first-order valence-corrected chi connectivity index (χ1v) is 11.7. The number of halogens is 1. The van der Waals surface area contributed by atoms with Gasteiger partial charge in [-0.1, -0.05) is 6.92 Å². The maximum Gasteiger partial charge on any atom is 0.271 e. The number of anilines is 2. The van der Waals surface area contributed by atoms with Crippen LogP contribution in [0.5, 0.6) is 0 Å². The zero-order valence-corrected chi connectivity index (χ0v) is 19.6. The number of aliphatic hydroxyl groups excluding tert-OH is 1. The minimum Gasteiger partial charge on any atom is -0.393 e. The predicted octanol–water partition coefficient (Wildman–Crippen LogP) is 2.71. The van der Waals surface area contributed by atoms with Crippen molar-refractivity contribution in [1.29, 1.82) is 0 Å². The number of nitrogens with two attached hydrogens (primary N) is 2. The molecule has 1 aromatic carbocycles. The number of benzene rings is 1. The third-order valence-electron chi connectivity index (χ3n) is 6.32. The molecule has 1 saturated carbocycles.